The Balaban J connectivity index is 2.82. The molecule has 0 aliphatic carbocycles. The largest absolute Gasteiger partial charge is 0.398 e. The Morgan fingerprint density at radius 1 is 1.43 bits per heavy atom. The van der Waals surface area contributed by atoms with Crippen LogP contribution < -0.4 is 11.5 Å². The monoisotopic (exact) mass is 189 g/mol. The number of nitrogens with two attached hydrogens (primary N) is 2. The van der Waals surface area contributed by atoms with Crippen molar-refractivity contribution in [1.82, 2.24) is 4.98 Å². The summed E-state index contributed by atoms with van der Waals surface area (Å²) in [5, 5.41) is 0.846. The van der Waals surface area contributed by atoms with Crippen LogP contribution in [0, 0.1) is 6.92 Å². The van der Waals surface area contributed by atoms with E-state index < -0.39 is 5.91 Å². The minimum absolute atomic E-state index is 0.390. The molecule has 0 aliphatic heterocycles. The fourth-order valence-electron chi connectivity index (χ4n) is 1.51. The molecule has 4 heteroatoms. The van der Waals surface area contributed by atoms with E-state index in [4.69, 9.17) is 11.5 Å². The van der Waals surface area contributed by atoms with Gasteiger partial charge in [-0.15, -0.1) is 0 Å². The molecule has 0 saturated heterocycles. The second-order valence-corrected chi connectivity index (χ2v) is 3.31. The van der Waals surface area contributed by atoms with Crippen LogP contribution in [0.4, 0.5) is 5.69 Å². The Morgan fingerprint density at radius 3 is 2.71 bits per heavy atom. The molecular formula is C10H11N3O. The molecule has 0 aliphatic rings. The van der Waals surface area contributed by atoms with Gasteiger partial charge < -0.3 is 16.5 Å². The molecule has 4 nitrogen and oxygen atoms in total. The second-order valence-electron chi connectivity index (χ2n) is 3.31. The van der Waals surface area contributed by atoms with Crippen molar-refractivity contribution in [3.8, 4) is 0 Å². The predicted molar refractivity (Wildman–Crippen MR) is 56.0 cm³/mol. The molecule has 0 spiro atoms. The quantitative estimate of drug-likeness (QED) is 0.588. The Labute approximate surface area is 80.9 Å². The molecule has 2 aromatic rings. The molecule has 0 radical (unpaired) electrons. The highest BCUT2D eigenvalue weighted by atomic mass is 16.1. The van der Waals surface area contributed by atoms with Crippen LogP contribution in [0.25, 0.3) is 10.9 Å². The van der Waals surface area contributed by atoms with Gasteiger partial charge in [0.2, 0.25) is 0 Å². The van der Waals surface area contributed by atoms with E-state index in [1.807, 2.05) is 19.1 Å². The third-order valence-corrected chi connectivity index (χ3v) is 2.30. The maximum absolute atomic E-state index is 10.9. The number of nitrogen functional groups attached to an aromatic ring is 1. The first-order valence-corrected chi connectivity index (χ1v) is 4.27. The third kappa shape index (κ3) is 1.12. The number of hydrogen-bond acceptors (Lipinski definition) is 2. The van der Waals surface area contributed by atoms with E-state index in [0.717, 1.165) is 16.5 Å². The van der Waals surface area contributed by atoms with E-state index in [-0.39, 0.29) is 0 Å². The summed E-state index contributed by atoms with van der Waals surface area (Å²) in [6.45, 7) is 1.95. The molecule has 5 N–H and O–H groups in total. The van der Waals surface area contributed by atoms with Crippen molar-refractivity contribution in [3.05, 3.63) is 29.5 Å². The fourth-order valence-corrected chi connectivity index (χ4v) is 1.51. The van der Waals surface area contributed by atoms with Gasteiger partial charge in [0.05, 0.1) is 5.52 Å². The van der Waals surface area contributed by atoms with Gasteiger partial charge in [0.25, 0.3) is 5.91 Å². The molecule has 1 aromatic heterocycles. The number of anilines is 1. The highest BCUT2D eigenvalue weighted by Crippen LogP contribution is 2.24. The molecule has 0 fully saturated rings. The lowest BCUT2D eigenvalue weighted by Gasteiger charge is -1.98. The summed E-state index contributed by atoms with van der Waals surface area (Å²) in [6, 6.07) is 5.40. The van der Waals surface area contributed by atoms with Crippen molar-refractivity contribution in [2.75, 3.05) is 5.73 Å². The van der Waals surface area contributed by atoms with Gasteiger partial charge in [-0.25, -0.2) is 0 Å². The maximum atomic E-state index is 10.9. The maximum Gasteiger partial charge on any atom is 0.265 e. The number of amides is 1. The zero-order valence-corrected chi connectivity index (χ0v) is 7.79. The van der Waals surface area contributed by atoms with Crippen LogP contribution in [0.3, 0.4) is 0 Å². The first-order chi connectivity index (χ1) is 6.59. The molecule has 0 atom stereocenters. The van der Waals surface area contributed by atoms with Crippen LogP contribution in [0.15, 0.2) is 18.2 Å². The summed E-state index contributed by atoms with van der Waals surface area (Å²) in [4.78, 5) is 13.9. The molecule has 0 unspecified atom stereocenters. The van der Waals surface area contributed by atoms with Gasteiger partial charge in [0, 0.05) is 11.1 Å². The number of hydrogen-bond donors (Lipinski definition) is 3. The number of aromatic amines is 1. The molecular weight excluding hydrogens is 178 g/mol. The lowest BCUT2D eigenvalue weighted by Crippen LogP contribution is -2.10. The average molecular weight is 189 g/mol. The number of rotatable bonds is 1. The molecule has 1 heterocycles. The highest BCUT2D eigenvalue weighted by molar-refractivity contribution is 6.01. The van der Waals surface area contributed by atoms with E-state index in [2.05, 4.69) is 4.98 Å². The smallest absolute Gasteiger partial charge is 0.265 e. The Kier molecular flexibility index (Phi) is 1.70. The topological polar surface area (TPSA) is 84.9 Å². The standard InChI is InChI=1S/C10H11N3O/c1-5-2-3-7(11)6-4-8(10(12)14)13-9(5)6/h2-4,13H,11H2,1H3,(H2,12,14). The Morgan fingerprint density at radius 2 is 2.14 bits per heavy atom. The highest BCUT2D eigenvalue weighted by Gasteiger charge is 2.08. The lowest BCUT2D eigenvalue weighted by molar-refractivity contribution is 0.0996. The van der Waals surface area contributed by atoms with Gasteiger partial charge in [-0.3, -0.25) is 4.79 Å². The van der Waals surface area contributed by atoms with Gasteiger partial charge in [0.15, 0.2) is 0 Å². The minimum Gasteiger partial charge on any atom is -0.398 e. The van der Waals surface area contributed by atoms with Crippen LogP contribution in [0.5, 0.6) is 0 Å². The first kappa shape index (κ1) is 8.62. The number of fused-ring (bicyclic) bond motifs is 1. The fraction of sp³-hybridized carbons (Fsp3) is 0.100. The second kappa shape index (κ2) is 2.77. The van der Waals surface area contributed by atoms with Gasteiger partial charge in [0.1, 0.15) is 5.69 Å². The molecule has 72 valence electrons. The zero-order chi connectivity index (χ0) is 10.3. The summed E-state index contributed by atoms with van der Waals surface area (Å²) < 4.78 is 0. The number of carbonyl (C=O) groups is 1. The van der Waals surface area contributed by atoms with Crippen LogP contribution >= 0.6 is 0 Å². The van der Waals surface area contributed by atoms with Crippen molar-refractivity contribution in [2.24, 2.45) is 5.73 Å². The van der Waals surface area contributed by atoms with E-state index in [1.54, 1.807) is 6.07 Å². The van der Waals surface area contributed by atoms with Crippen LogP contribution in [-0.2, 0) is 0 Å². The van der Waals surface area contributed by atoms with Gasteiger partial charge >= 0.3 is 0 Å². The van der Waals surface area contributed by atoms with Crippen molar-refractivity contribution in [3.63, 3.8) is 0 Å². The summed E-state index contributed by atoms with van der Waals surface area (Å²) in [7, 11) is 0. The predicted octanol–water partition coefficient (Wildman–Crippen LogP) is 1.16. The Bertz CT molecular complexity index is 474. The molecule has 1 aromatic carbocycles. The number of aromatic nitrogens is 1. The van der Waals surface area contributed by atoms with E-state index in [9.17, 15) is 4.79 Å². The number of primary amides is 1. The normalized spacial score (nSPS) is 10.6. The number of nitrogens with one attached hydrogen (secondary N) is 1. The van der Waals surface area contributed by atoms with Crippen molar-refractivity contribution >= 4 is 22.5 Å². The molecule has 14 heavy (non-hydrogen) atoms. The molecule has 2 rings (SSSR count). The zero-order valence-electron chi connectivity index (χ0n) is 7.79. The lowest BCUT2D eigenvalue weighted by atomic mass is 10.1. The number of benzene rings is 1. The summed E-state index contributed by atoms with van der Waals surface area (Å²) in [5.74, 6) is -0.472. The first-order valence-electron chi connectivity index (χ1n) is 4.27. The van der Waals surface area contributed by atoms with E-state index in [0.29, 0.717) is 11.4 Å². The molecule has 1 amide bonds. The SMILES string of the molecule is Cc1ccc(N)c2cc(C(N)=O)[nH]c12. The number of carbonyl (C=O) groups excluding carboxylic acids is 1. The molecule has 0 bridgehead atoms. The van der Waals surface area contributed by atoms with E-state index >= 15 is 0 Å². The number of aryl methyl sites for hydroxylation is 1. The van der Waals surface area contributed by atoms with Gasteiger partial charge in [-0.05, 0) is 24.6 Å². The minimum atomic E-state index is -0.472. The van der Waals surface area contributed by atoms with Gasteiger partial charge in [-0.1, -0.05) is 6.07 Å². The average Bonchev–Trinajstić information content (AvgIpc) is 2.57. The van der Waals surface area contributed by atoms with Crippen molar-refractivity contribution in [2.45, 2.75) is 6.92 Å². The molecule has 0 saturated carbocycles. The van der Waals surface area contributed by atoms with Crippen molar-refractivity contribution in [1.29, 1.82) is 0 Å². The summed E-state index contributed by atoms with van der Waals surface area (Å²) in [6.07, 6.45) is 0. The summed E-state index contributed by atoms with van der Waals surface area (Å²) >= 11 is 0. The van der Waals surface area contributed by atoms with Gasteiger partial charge in [-0.2, -0.15) is 0 Å². The van der Waals surface area contributed by atoms with E-state index in [1.165, 1.54) is 0 Å². The number of H-pyrrole nitrogens is 1. The summed E-state index contributed by atoms with van der Waals surface area (Å²) in [5.41, 5.74) is 13.9. The van der Waals surface area contributed by atoms with Crippen LogP contribution in [0.2, 0.25) is 0 Å². The Hall–Kier alpha value is -1.97. The third-order valence-electron chi connectivity index (χ3n) is 2.30. The van der Waals surface area contributed by atoms with Crippen LogP contribution in [0.1, 0.15) is 16.1 Å². The van der Waals surface area contributed by atoms with Crippen LogP contribution in [-0.4, -0.2) is 10.9 Å². The van der Waals surface area contributed by atoms with Crippen molar-refractivity contribution < 1.29 is 4.79 Å².